The molecule has 1 aromatic carbocycles. The second-order valence-corrected chi connectivity index (χ2v) is 4.13. The minimum Gasteiger partial charge on any atom is -0.493 e. The lowest BCUT2D eigenvalue weighted by molar-refractivity contribution is -0.118. The summed E-state index contributed by atoms with van der Waals surface area (Å²) < 4.78 is 10.5. The van der Waals surface area contributed by atoms with Crippen molar-refractivity contribution >= 4 is 18.3 Å². The number of hydrogen-bond donors (Lipinski definition) is 1. The molecule has 0 unspecified atom stereocenters. The number of amides is 1. The lowest BCUT2D eigenvalue weighted by Gasteiger charge is -2.13. The van der Waals surface area contributed by atoms with Gasteiger partial charge in [0.2, 0.25) is 5.91 Å². The van der Waals surface area contributed by atoms with Gasteiger partial charge in [-0.2, -0.15) is 0 Å². The van der Waals surface area contributed by atoms with E-state index in [0.717, 1.165) is 11.1 Å². The normalized spacial score (nSPS) is 10.3. The SMILES string of the molecule is COc1cc(/C=C/C=O)c(CCNC(C)=O)cc1OC. The zero-order valence-corrected chi connectivity index (χ0v) is 11.9. The minimum atomic E-state index is -0.0736. The number of carbonyl (C=O) groups excluding carboxylic acids is 2. The number of allylic oxidation sites excluding steroid dienone is 1. The highest BCUT2D eigenvalue weighted by Gasteiger charge is 2.09. The molecule has 108 valence electrons. The molecule has 20 heavy (non-hydrogen) atoms. The summed E-state index contributed by atoms with van der Waals surface area (Å²) in [4.78, 5) is 21.4. The van der Waals surface area contributed by atoms with Crippen molar-refractivity contribution < 1.29 is 19.1 Å². The summed E-state index contributed by atoms with van der Waals surface area (Å²) in [5, 5.41) is 2.74. The number of aldehydes is 1. The molecule has 0 aliphatic carbocycles. The van der Waals surface area contributed by atoms with Crippen LogP contribution in [0.1, 0.15) is 18.1 Å². The largest absolute Gasteiger partial charge is 0.493 e. The molecule has 0 aliphatic heterocycles. The van der Waals surface area contributed by atoms with E-state index < -0.39 is 0 Å². The Bertz CT molecular complexity index is 509. The Morgan fingerprint density at radius 2 is 1.90 bits per heavy atom. The Morgan fingerprint density at radius 3 is 2.45 bits per heavy atom. The average Bonchev–Trinajstić information content (AvgIpc) is 2.44. The second-order valence-electron chi connectivity index (χ2n) is 4.13. The van der Waals surface area contributed by atoms with Gasteiger partial charge in [0.25, 0.3) is 0 Å². The number of rotatable bonds is 7. The van der Waals surface area contributed by atoms with Crippen LogP contribution in [0.2, 0.25) is 0 Å². The summed E-state index contributed by atoms with van der Waals surface area (Å²) in [5.74, 6) is 1.14. The van der Waals surface area contributed by atoms with E-state index in [9.17, 15) is 9.59 Å². The lowest BCUT2D eigenvalue weighted by atomic mass is 10.0. The van der Waals surface area contributed by atoms with Crippen molar-refractivity contribution in [3.05, 3.63) is 29.3 Å². The van der Waals surface area contributed by atoms with E-state index in [-0.39, 0.29) is 5.91 Å². The first-order valence-corrected chi connectivity index (χ1v) is 6.23. The molecule has 0 atom stereocenters. The van der Waals surface area contributed by atoms with Gasteiger partial charge in [-0.05, 0) is 35.8 Å². The maximum atomic E-state index is 10.9. The first-order chi connectivity index (χ1) is 9.62. The zero-order valence-electron chi connectivity index (χ0n) is 11.9. The summed E-state index contributed by atoms with van der Waals surface area (Å²) >= 11 is 0. The smallest absolute Gasteiger partial charge is 0.216 e. The van der Waals surface area contributed by atoms with E-state index in [2.05, 4.69) is 5.32 Å². The zero-order chi connectivity index (χ0) is 15.0. The van der Waals surface area contributed by atoms with Crippen LogP contribution in [0.5, 0.6) is 11.5 Å². The third kappa shape index (κ3) is 4.42. The molecule has 0 aromatic heterocycles. The topological polar surface area (TPSA) is 64.6 Å². The van der Waals surface area contributed by atoms with Crippen molar-refractivity contribution in [2.75, 3.05) is 20.8 Å². The van der Waals surface area contributed by atoms with E-state index >= 15 is 0 Å². The Balaban J connectivity index is 3.06. The molecule has 0 saturated heterocycles. The van der Waals surface area contributed by atoms with Crippen LogP contribution in [-0.2, 0) is 16.0 Å². The van der Waals surface area contributed by atoms with Gasteiger partial charge in [-0.1, -0.05) is 6.08 Å². The molecule has 5 nitrogen and oxygen atoms in total. The molecule has 0 heterocycles. The predicted molar refractivity (Wildman–Crippen MR) is 77.0 cm³/mol. The van der Waals surface area contributed by atoms with Crippen LogP contribution < -0.4 is 14.8 Å². The maximum absolute atomic E-state index is 10.9. The van der Waals surface area contributed by atoms with Gasteiger partial charge in [0.15, 0.2) is 11.5 Å². The monoisotopic (exact) mass is 277 g/mol. The van der Waals surface area contributed by atoms with Gasteiger partial charge in [0.1, 0.15) is 6.29 Å². The fraction of sp³-hybridized carbons (Fsp3) is 0.333. The fourth-order valence-corrected chi connectivity index (χ4v) is 1.82. The molecule has 5 heteroatoms. The number of carbonyl (C=O) groups is 2. The predicted octanol–water partition coefficient (Wildman–Crippen LogP) is 1.59. The van der Waals surface area contributed by atoms with Crippen molar-refractivity contribution in [2.24, 2.45) is 0 Å². The molecule has 0 bridgehead atoms. The number of hydrogen-bond acceptors (Lipinski definition) is 4. The van der Waals surface area contributed by atoms with E-state index in [1.54, 1.807) is 20.3 Å². The first-order valence-electron chi connectivity index (χ1n) is 6.23. The van der Waals surface area contributed by atoms with Gasteiger partial charge in [0.05, 0.1) is 14.2 Å². The third-order valence-electron chi connectivity index (χ3n) is 2.77. The van der Waals surface area contributed by atoms with Crippen molar-refractivity contribution in [1.29, 1.82) is 0 Å². The molecular formula is C15H19NO4. The van der Waals surface area contributed by atoms with E-state index in [4.69, 9.17) is 9.47 Å². The summed E-state index contributed by atoms with van der Waals surface area (Å²) in [6.45, 7) is 1.99. The molecule has 0 fully saturated rings. The summed E-state index contributed by atoms with van der Waals surface area (Å²) in [6.07, 6.45) is 4.48. The quantitative estimate of drug-likeness (QED) is 0.607. The molecule has 0 aliphatic rings. The van der Waals surface area contributed by atoms with Gasteiger partial charge >= 0.3 is 0 Å². The lowest BCUT2D eigenvalue weighted by Crippen LogP contribution is -2.22. The van der Waals surface area contributed by atoms with E-state index in [0.29, 0.717) is 30.8 Å². The van der Waals surface area contributed by atoms with Gasteiger partial charge < -0.3 is 14.8 Å². The molecule has 1 rings (SSSR count). The highest BCUT2D eigenvalue weighted by Crippen LogP contribution is 2.31. The molecule has 1 amide bonds. The maximum Gasteiger partial charge on any atom is 0.216 e. The molecular weight excluding hydrogens is 258 g/mol. The minimum absolute atomic E-state index is 0.0736. The van der Waals surface area contributed by atoms with Crippen LogP contribution in [-0.4, -0.2) is 33.0 Å². The molecule has 0 spiro atoms. The van der Waals surface area contributed by atoms with Crippen LogP contribution in [0.25, 0.3) is 6.08 Å². The summed E-state index contributed by atoms with van der Waals surface area (Å²) in [6, 6.07) is 3.66. The molecule has 1 N–H and O–H groups in total. The Hall–Kier alpha value is -2.30. The Morgan fingerprint density at radius 1 is 1.25 bits per heavy atom. The van der Waals surface area contributed by atoms with Crippen molar-refractivity contribution in [3.63, 3.8) is 0 Å². The number of methoxy groups -OCH3 is 2. The number of benzene rings is 1. The summed E-state index contributed by atoms with van der Waals surface area (Å²) in [7, 11) is 3.12. The number of nitrogens with one attached hydrogen (secondary N) is 1. The van der Waals surface area contributed by atoms with Crippen molar-refractivity contribution in [1.82, 2.24) is 5.32 Å². The Kier molecular flexibility index (Phi) is 6.29. The van der Waals surface area contributed by atoms with Gasteiger partial charge in [-0.3, -0.25) is 9.59 Å². The Labute approximate surface area is 118 Å². The van der Waals surface area contributed by atoms with Gasteiger partial charge in [-0.25, -0.2) is 0 Å². The highest BCUT2D eigenvalue weighted by molar-refractivity contribution is 5.75. The number of ether oxygens (including phenoxy) is 2. The van der Waals surface area contributed by atoms with Crippen LogP contribution in [0, 0.1) is 0 Å². The van der Waals surface area contributed by atoms with E-state index in [1.807, 2.05) is 12.1 Å². The van der Waals surface area contributed by atoms with Crippen LogP contribution >= 0.6 is 0 Å². The highest BCUT2D eigenvalue weighted by atomic mass is 16.5. The van der Waals surface area contributed by atoms with Crippen molar-refractivity contribution in [3.8, 4) is 11.5 Å². The van der Waals surface area contributed by atoms with Gasteiger partial charge in [-0.15, -0.1) is 0 Å². The van der Waals surface area contributed by atoms with Crippen LogP contribution in [0.4, 0.5) is 0 Å². The van der Waals surface area contributed by atoms with Crippen LogP contribution in [0.15, 0.2) is 18.2 Å². The van der Waals surface area contributed by atoms with Gasteiger partial charge in [0, 0.05) is 13.5 Å². The average molecular weight is 277 g/mol. The molecule has 0 radical (unpaired) electrons. The fourth-order valence-electron chi connectivity index (χ4n) is 1.82. The third-order valence-corrected chi connectivity index (χ3v) is 2.77. The van der Waals surface area contributed by atoms with Crippen LogP contribution in [0.3, 0.4) is 0 Å². The second kappa shape index (κ2) is 7.99. The molecule has 1 aromatic rings. The first kappa shape index (κ1) is 15.8. The van der Waals surface area contributed by atoms with Crippen molar-refractivity contribution in [2.45, 2.75) is 13.3 Å². The van der Waals surface area contributed by atoms with E-state index in [1.165, 1.54) is 13.0 Å². The summed E-state index contributed by atoms with van der Waals surface area (Å²) in [5.41, 5.74) is 1.83. The molecule has 0 saturated carbocycles. The standard InChI is InChI=1S/C15H19NO4/c1-11(18)16-7-6-13-10-15(20-3)14(19-2)9-12(13)5-4-8-17/h4-5,8-10H,6-7H2,1-3H3,(H,16,18)/b5-4+.